The first kappa shape index (κ1) is 18.2. The van der Waals surface area contributed by atoms with Crippen LogP contribution in [0.25, 0.3) is 0 Å². The van der Waals surface area contributed by atoms with Crippen molar-refractivity contribution in [1.82, 2.24) is 9.97 Å². The van der Waals surface area contributed by atoms with Crippen molar-refractivity contribution in [3.05, 3.63) is 66.1 Å². The number of aryl methyl sites for hydroxylation is 1. The third-order valence-electron chi connectivity index (χ3n) is 3.93. The van der Waals surface area contributed by atoms with Crippen molar-refractivity contribution >= 4 is 23.1 Å². The Morgan fingerprint density at radius 1 is 0.963 bits per heavy atom. The van der Waals surface area contributed by atoms with E-state index in [4.69, 9.17) is 9.47 Å². The molecule has 7 nitrogen and oxygen atoms in total. The number of methoxy groups -OCH3 is 2. The standard InChI is InChI=1S/C20H20N4O3/c1-13-6-4-5-7-15(13)24-19-12-21-16(11-22-19)20(25)23-14-8-9-17(26-2)18(10-14)27-3/h4-12H,1-3H3,(H,22,24)(H,23,25). The van der Waals surface area contributed by atoms with E-state index in [1.54, 1.807) is 25.3 Å². The summed E-state index contributed by atoms with van der Waals surface area (Å²) >= 11 is 0. The van der Waals surface area contributed by atoms with E-state index in [0.717, 1.165) is 11.3 Å². The fourth-order valence-electron chi connectivity index (χ4n) is 2.47. The number of hydrogen-bond acceptors (Lipinski definition) is 6. The second-order valence-corrected chi connectivity index (χ2v) is 5.75. The van der Waals surface area contributed by atoms with E-state index in [9.17, 15) is 4.79 Å². The highest BCUT2D eigenvalue weighted by Gasteiger charge is 2.11. The highest BCUT2D eigenvalue weighted by atomic mass is 16.5. The maximum atomic E-state index is 12.4. The van der Waals surface area contributed by atoms with Gasteiger partial charge in [-0.05, 0) is 30.7 Å². The van der Waals surface area contributed by atoms with Gasteiger partial charge in [-0.3, -0.25) is 4.79 Å². The number of nitrogens with zero attached hydrogens (tertiary/aromatic N) is 2. The summed E-state index contributed by atoms with van der Waals surface area (Å²) in [5.74, 6) is 1.31. The Balaban J connectivity index is 1.70. The molecule has 0 atom stereocenters. The summed E-state index contributed by atoms with van der Waals surface area (Å²) in [6.07, 6.45) is 2.95. The molecule has 138 valence electrons. The molecule has 2 aromatic carbocycles. The SMILES string of the molecule is COc1ccc(NC(=O)c2cnc(Nc3ccccc3C)cn2)cc1OC. The number of rotatable bonds is 6. The molecular weight excluding hydrogens is 344 g/mol. The van der Waals surface area contributed by atoms with Crippen LogP contribution in [0, 0.1) is 6.92 Å². The van der Waals surface area contributed by atoms with E-state index in [2.05, 4.69) is 20.6 Å². The lowest BCUT2D eigenvalue weighted by Gasteiger charge is -2.11. The molecule has 0 aliphatic carbocycles. The van der Waals surface area contributed by atoms with Crippen LogP contribution >= 0.6 is 0 Å². The summed E-state index contributed by atoms with van der Waals surface area (Å²) in [6, 6.07) is 13.0. The second kappa shape index (κ2) is 8.18. The van der Waals surface area contributed by atoms with E-state index in [1.165, 1.54) is 19.5 Å². The minimum absolute atomic E-state index is 0.208. The Hall–Kier alpha value is -3.61. The minimum Gasteiger partial charge on any atom is -0.493 e. The summed E-state index contributed by atoms with van der Waals surface area (Å²) in [7, 11) is 3.09. The van der Waals surface area contributed by atoms with E-state index in [-0.39, 0.29) is 11.6 Å². The number of anilines is 3. The quantitative estimate of drug-likeness (QED) is 0.692. The zero-order chi connectivity index (χ0) is 19.2. The van der Waals surface area contributed by atoms with E-state index < -0.39 is 0 Å². The number of benzene rings is 2. The fourth-order valence-corrected chi connectivity index (χ4v) is 2.47. The van der Waals surface area contributed by atoms with Gasteiger partial charge >= 0.3 is 0 Å². The lowest BCUT2D eigenvalue weighted by molar-refractivity contribution is 0.102. The third-order valence-corrected chi connectivity index (χ3v) is 3.93. The van der Waals surface area contributed by atoms with Crippen molar-refractivity contribution in [2.24, 2.45) is 0 Å². The molecule has 1 aromatic heterocycles. The maximum Gasteiger partial charge on any atom is 0.275 e. The molecule has 0 unspecified atom stereocenters. The Labute approximate surface area is 157 Å². The van der Waals surface area contributed by atoms with Gasteiger partial charge in [0.25, 0.3) is 5.91 Å². The highest BCUT2D eigenvalue weighted by molar-refractivity contribution is 6.02. The zero-order valence-electron chi connectivity index (χ0n) is 15.3. The number of nitrogens with one attached hydrogen (secondary N) is 2. The number of amides is 1. The van der Waals surface area contributed by atoms with Crippen LogP contribution in [-0.4, -0.2) is 30.1 Å². The van der Waals surface area contributed by atoms with Gasteiger partial charge in [-0.2, -0.15) is 0 Å². The van der Waals surface area contributed by atoms with Gasteiger partial charge in [-0.1, -0.05) is 18.2 Å². The summed E-state index contributed by atoms with van der Waals surface area (Å²) in [4.78, 5) is 20.8. The van der Waals surface area contributed by atoms with Gasteiger partial charge < -0.3 is 20.1 Å². The minimum atomic E-state index is -0.364. The van der Waals surface area contributed by atoms with Gasteiger partial charge in [0, 0.05) is 17.4 Å². The van der Waals surface area contributed by atoms with Crippen molar-refractivity contribution < 1.29 is 14.3 Å². The van der Waals surface area contributed by atoms with Crippen molar-refractivity contribution in [3.8, 4) is 11.5 Å². The lowest BCUT2D eigenvalue weighted by Crippen LogP contribution is -2.14. The zero-order valence-corrected chi connectivity index (χ0v) is 15.3. The highest BCUT2D eigenvalue weighted by Crippen LogP contribution is 2.29. The molecule has 0 radical (unpaired) electrons. The number of aromatic nitrogens is 2. The van der Waals surface area contributed by atoms with Crippen molar-refractivity contribution in [1.29, 1.82) is 0 Å². The van der Waals surface area contributed by atoms with Gasteiger partial charge in [0.05, 0.1) is 26.6 Å². The molecule has 0 bridgehead atoms. The average molecular weight is 364 g/mol. The van der Waals surface area contributed by atoms with Gasteiger partial charge in [0.1, 0.15) is 11.5 Å². The first-order valence-electron chi connectivity index (χ1n) is 8.29. The topological polar surface area (TPSA) is 85.4 Å². The number of carbonyl (C=O) groups excluding carboxylic acids is 1. The van der Waals surface area contributed by atoms with Gasteiger partial charge in [0.15, 0.2) is 11.5 Å². The molecule has 0 aliphatic heterocycles. The molecule has 3 aromatic rings. The van der Waals surface area contributed by atoms with Gasteiger partial charge in [-0.25, -0.2) is 9.97 Å². The lowest BCUT2D eigenvalue weighted by atomic mass is 10.2. The van der Waals surface area contributed by atoms with Crippen LogP contribution in [0.1, 0.15) is 16.1 Å². The number of ether oxygens (including phenoxy) is 2. The monoisotopic (exact) mass is 364 g/mol. The molecule has 0 spiro atoms. The molecule has 2 N–H and O–H groups in total. The van der Waals surface area contributed by atoms with Crippen molar-refractivity contribution in [2.75, 3.05) is 24.9 Å². The van der Waals surface area contributed by atoms with Crippen LogP contribution in [0.4, 0.5) is 17.2 Å². The Bertz CT molecular complexity index is 942. The van der Waals surface area contributed by atoms with Crippen LogP contribution in [0.5, 0.6) is 11.5 Å². The Kier molecular flexibility index (Phi) is 5.51. The summed E-state index contributed by atoms with van der Waals surface area (Å²) in [5.41, 5.74) is 2.81. The van der Waals surface area contributed by atoms with Crippen LogP contribution in [0.15, 0.2) is 54.9 Å². The second-order valence-electron chi connectivity index (χ2n) is 5.75. The predicted octanol–water partition coefficient (Wildman–Crippen LogP) is 3.80. The molecule has 0 fully saturated rings. The smallest absolute Gasteiger partial charge is 0.275 e. The molecule has 0 saturated carbocycles. The van der Waals surface area contributed by atoms with Crippen molar-refractivity contribution in [3.63, 3.8) is 0 Å². The number of para-hydroxylation sites is 1. The average Bonchev–Trinajstić information content (AvgIpc) is 2.70. The first-order valence-corrected chi connectivity index (χ1v) is 8.29. The van der Waals surface area contributed by atoms with Crippen LogP contribution < -0.4 is 20.1 Å². The van der Waals surface area contributed by atoms with E-state index >= 15 is 0 Å². The van der Waals surface area contributed by atoms with Crippen LogP contribution in [0.2, 0.25) is 0 Å². The van der Waals surface area contributed by atoms with Crippen molar-refractivity contribution in [2.45, 2.75) is 6.92 Å². The molecule has 3 rings (SSSR count). The Morgan fingerprint density at radius 2 is 1.74 bits per heavy atom. The normalized spacial score (nSPS) is 10.2. The summed E-state index contributed by atoms with van der Waals surface area (Å²) in [6.45, 7) is 2.00. The fraction of sp³-hybridized carbons (Fsp3) is 0.150. The maximum absolute atomic E-state index is 12.4. The number of carbonyl (C=O) groups is 1. The largest absolute Gasteiger partial charge is 0.493 e. The summed E-state index contributed by atoms with van der Waals surface area (Å²) in [5, 5.41) is 5.95. The molecule has 0 aliphatic rings. The molecule has 0 saturated heterocycles. The Morgan fingerprint density at radius 3 is 2.41 bits per heavy atom. The van der Waals surface area contributed by atoms with Crippen LogP contribution in [0.3, 0.4) is 0 Å². The van der Waals surface area contributed by atoms with E-state index in [0.29, 0.717) is 23.0 Å². The third kappa shape index (κ3) is 4.33. The predicted molar refractivity (Wildman–Crippen MR) is 104 cm³/mol. The first-order chi connectivity index (χ1) is 13.1. The van der Waals surface area contributed by atoms with Gasteiger partial charge in [0.2, 0.25) is 0 Å². The molecule has 1 heterocycles. The number of hydrogen-bond donors (Lipinski definition) is 2. The van der Waals surface area contributed by atoms with E-state index in [1.807, 2.05) is 31.2 Å². The van der Waals surface area contributed by atoms with Gasteiger partial charge in [-0.15, -0.1) is 0 Å². The summed E-state index contributed by atoms with van der Waals surface area (Å²) < 4.78 is 10.4. The molecular formula is C20H20N4O3. The molecule has 7 heteroatoms. The molecule has 1 amide bonds. The molecule has 27 heavy (non-hydrogen) atoms. The van der Waals surface area contributed by atoms with Crippen LogP contribution in [-0.2, 0) is 0 Å².